The van der Waals surface area contributed by atoms with Gasteiger partial charge in [-0.2, -0.15) is 5.10 Å². The molecule has 1 aromatic heterocycles. The molecule has 146 valence electrons. The molecule has 0 spiro atoms. The predicted octanol–water partition coefficient (Wildman–Crippen LogP) is 2.35. The lowest BCUT2D eigenvalue weighted by Crippen LogP contribution is -2.41. The molecule has 8 heteroatoms. The number of benzene rings is 1. The summed E-state index contributed by atoms with van der Waals surface area (Å²) in [6.07, 6.45) is 1.79. The minimum Gasteiger partial charge on any atom is -0.504 e. The molecule has 27 heavy (non-hydrogen) atoms. The quantitative estimate of drug-likeness (QED) is 0.867. The van der Waals surface area contributed by atoms with E-state index in [-0.39, 0.29) is 22.9 Å². The Morgan fingerprint density at radius 3 is 2.56 bits per heavy atom. The van der Waals surface area contributed by atoms with E-state index in [0.29, 0.717) is 18.9 Å². The van der Waals surface area contributed by atoms with Gasteiger partial charge in [0.1, 0.15) is 0 Å². The van der Waals surface area contributed by atoms with Crippen LogP contribution in [0.5, 0.6) is 5.75 Å². The van der Waals surface area contributed by atoms with E-state index in [1.54, 1.807) is 6.92 Å². The number of hydrogen-bond donors (Lipinski definition) is 1. The number of hydrogen-bond acceptors (Lipinski definition) is 5. The predicted molar refractivity (Wildman–Crippen MR) is 103 cm³/mol. The van der Waals surface area contributed by atoms with E-state index < -0.39 is 21.8 Å². The third-order valence-electron chi connectivity index (χ3n) is 4.86. The van der Waals surface area contributed by atoms with E-state index >= 15 is 0 Å². The van der Waals surface area contributed by atoms with Crippen molar-refractivity contribution in [3.8, 4) is 11.4 Å². The van der Waals surface area contributed by atoms with Gasteiger partial charge >= 0.3 is 0 Å². The molecule has 7 nitrogen and oxygen atoms in total. The van der Waals surface area contributed by atoms with Crippen molar-refractivity contribution in [3.05, 3.63) is 41.7 Å². The Labute approximate surface area is 159 Å². The van der Waals surface area contributed by atoms with Crippen LogP contribution in [0.2, 0.25) is 0 Å². The van der Waals surface area contributed by atoms with Crippen LogP contribution in [0.3, 0.4) is 0 Å². The Balaban J connectivity index is 1.86. The van der Waals surface area contributed by atoms with E-state index in [1.807, 2.05) is 24.3 Å². The van der Waals surface area contributed by atoms with Gasteiger partial charge in [-0.25, -0.2) is 13.1 Å². The van der Waals surface area contributed by atoms with Crippen molar-refractivity contribution in [2.45, 2.75) is 39.2 Å². The molecule has 1 atom stereocenters. The van der Waals surface area contributed by atoms with E-state index in [0.717, 1.165) is 5.69 Å². The molecule has 0 bridgehead atoms. The van der Waals surface area contributed by atoms with Crippen molar-refractivity contribution in [2.24, 2.45) is 0 Å². The smallest absolute Gasteiger partial charge is 0.278 e. The van der Waals surface area contributed by atoms with Crippen LogP contribution in [0.1, 0.15) is 49.2 Å². The molecule has 1 N–H and O–H groups in total. The first-order chi connectivity index (χ1) is 12.7. The molecule has 0 aliphatic carbocycles. The maximum Gasteiger partial charge on any atom is 0.278 e. The molecule has 1 amide bonds. The lowest BCUT2D eigenvalue weighted by molar-refractivity contribution is 0.0703. The zero-order chi connectivity index (χ0) is 19.8. The van der Waals surface area contributed by atoms with Gasteiger partial charge in [0.25, 0.3) is 5.91 Å². The monoisotopic (exact) mass is 391 g/mol. The highest BCUT2D eigenvalue weighted by Crippen LogP contribution is 2.23. The fourth-order valence-electron chi connectivity index (χ4n) is 3.32. The van der Waals surface area contributed by atoms with Gasteiger partial charge < -0.3 is 10.0 Å². The highest BCUT2D eigenvalue weighted by atomic mass is 32.2. The highest BCUT2D eigenvalue weighted by molar-refractivity contribution is 7.91. The van der Waals surface area contributed by atoms with E-state index in [1.165, 1.54) is 21.3 Å². The number of carbonyl (C=O) groups excluding carboxylic acids is 1. The zero-order valence-corrected chi connectivity index (χ0v) is 16.6. The normalized spacial score (nSPS) is 19.9. The zero-order valence-electron chi connectivity index (χ0n) is 15.8. The molecule has 1 aliphatic rings. The standard InChI is InChI=1S/C19H25N3O4S/c1-13(2)15-5-7-16(8-6-15)22-11-17(23)18(20-22)19(24)21-9-4-10-27(25,26)12-14(21)3/h5-8,11,13-14,23H,4,9-10,12H2,1-3H3. The van der Waals surface area contributed by atoms with Crippen LogP contribution >= 0.6 is 0 Å². The molecular weight excluding hydrogens is 366 g/mol. The Bertz CT molecular complexity index is 932. The highest BCUT2D eigenvalue weighted by Gasteiger charge is 2.31. The molecule has 2 aromatic rings. The maximum absolute atomic E-state index is 12.9. The summed E-state index contributed by atoms with van der Waals surface area (Å²) in [5.41, 5.74) is 1.86. The lowest BCUT2D eigenvalue weighted by Gasteiger charge is -2.25. The molecule has 1 unspecified atom stereocenters. The molecular formula is C19H25N3O4S. The number of amides is 1. The van der Waals surface area contributed by atoms with Gasteiger partial charge in [0.05, 0.1) is 23.4 Å². The van der Waals surface area contributed by atoms with Crippen LogP contribution in [0.25, 0.3) is 5.69 Å². The summed E-state index contributed by atoms with van der Waals surface area (Å²) < 4.78 is 25.3. The van der Waals surface area contributed by atoms with Crippen molar-refractivity contribution in [3.63, 3.8) is 0 Å². The summed E-state index contributed by atoms with van der Waals surface area (Å²) in [5.74, 6) is -0.259. The van der Waals surface area contributed by atoms with Crippen LogP contribution in [0.4, 0.5) is 0 Å². The van der Waals surface area contributed by atoms with Crippen molar-refractivity contribution < 1.29 is 18.3 Å². The first-order valence-corrected chi connectivity index (χ1v) is 10.9. The van der Waals surface area contributed by atoms with Gasteiger partial charge in [-0.3, -0.25) is 4.79 Å². The fourth-order valence-corrected chi connectivity index (χ4v) is 4.97. The van der Waals surface area contributed by atoms with Crippen molar-refractivity contribution in [1.29, 1.82) is 0 Å². The number of carbonyl (C=O) groups is 1. The van der Waals surface area contributed by atoms with Gasteiger partial charge in [-0.05, 0) is 37.0 Å². The van der Waals surface area contributed by atoms with Crippen LogP contribution in [0, 0.1) is 0 Å². The van der Waals surface area contributed by atoms with Crippen LogP contribution in [0.15, 0.2) is 30.5 Å². The van der Waals surface area contributed by atoms with Gasteiger partial charge in [0, 0.05) is 12.6 Å². The van der Waals surface area contributed by atoms with Gasteiger partial charge in [-0.15, -0.1) is 0 Å². The molecule has 0 radical (unpaired) electrons. The Hall–Kier alpha value is -2.35. The number of aromatic nitrogens is 2. The summed E-state index contributed by atoms with van der Waals surface area (Å²) in [6, 6.07) is 7.29. The number of aromatic hydroxyl groups is 1. The average molecular weight is 391 g/mol. The Morgan fingerprint density at radius 1 is 1.26 bits per heavy atom. The SMILES string of the molecule is CC(C)c1ccc(-n2cc(O)c(C(=O)N3CCCS(=O)(=O)CC3C)n2)cc1. The molecule has 1 fully saturated rings. The van der Waals surface area contributed by atoms with Crippen molar-refractivity contribution in [1.82, 2.24) is 14.7 Å². The summed E-state index contributed by atoms with van der Waals surface area (Å²) in [7, 11) is -3.16. The third kappa shape index (κ3) is 4.16. The molecule has 1 aliphatic heterocycles. The largest absolute Gasteiger partial charge is 0.504 e. The van der Waals surface area contributed by atoms with Crippen LogP contribution in [-0.4, -0.2) is 58.2 Å². The molecule has 3 rings (SSSR count). The fraction of sp³-hybridized carbons (Fsp3) is 0.474. The maximum atomic E-state index is 12.9. The lowest BCUT2D eigenvalue weighted by atomic mass is 10.0. The minimum absolute atomic E-state index is 0.0610. The van der Waals surface area contributed by atoms with E-state index in [4.69, 9.17) is 0 Å². The minimum atomic E-state index is -3.16. The van der Waals surface area contributed by atoms with E-state index in [2.05, 4.69) is 18.9 Å². The van der Waals surface area contributed by atoms with Crippen LogP contribution < -0.4 is 0 Å². The first kappa shape index (κ1) is 19.4. The molecule has 2 heterocycles. The topological polar surface area (TPSA) is 92.5 Å². The summed E-state index contributed by atoms with van der Waals surface area (Å²) in [5, 5.41) is 14.5. The second-order valence-electron chi connectivity index (χ2n) is 7.37. The van der Waals surface area contributed by atoms with Crippen molar-refractivity contribution >= 4 is 15.7 Å². The number of rotatable bonds is 3. The molecule has 1 saturated heterocycles. The number of sulfone groups is 1. The summed E-state index contributed by atoms with van der Waals surface area (Å²) in [6.45, 7) is 6.25. The first-order valence-electron chi connectivity index (χ1n) is 9.08. The summed E-state index contributed by atoms with van der Waals surface area (Å²) >= 11 is 0. The second-order valence-corrected chi connectivity index (χ2v) is 9.60. The number of nitrogens with zero attached hydrogens (tertiary/aromatic N) is 3. The van der Waals surface area contributed by atoms with Gasteiger partial charge in [-0.1, -0.05) is 26.0 Å². The van der Waals surface area contributed by atoms with E-state index in [9.17, 15) is 18.3 Å². The molecule has 1 aromatic carbocycles. The molecule has 0 saturated carbocycles. The van der Waals surface area contributed by atoms with Gasteiger partial charge in [0.2, 0.25) is 0 Å². The van der Waals surface area contributed by atoms with Gasteiger partial charge in [0.15, 0.2) is 21.3 Å². The Morgan fingerprint density at radius 2 is 1.93 bits per heavy atom. The Kier molecular flexibility index (Phi) is 5.28. The van der Waals surface area contributed by atoms with Crippen LogP contribution in [-0.2, 0) is 9.84 Å². The summed E-state index contributed by atoms with van der Waals surface area (Å²) in [4.78, 5) is 14.4. The second kappa shape index (κ2) is 7.34. The average Bonchev–Trinajstić information content (AvgIpc) is 2.92. The third-order valence-corrected chi connectivity index (χ3v) is 6.77. The van der Waals surface area contributed by atoms with Crippen molar-refractivity contribution in [2.75, 3.05) is 18.1 Å².